The normalized spacial score (nSPS) is 20.8. The summed E-state index contributed by atoms with van der Waals surface area (Å²) in [6.07, 6.45) is 3.15. The predicted octanol–water partition coefficient (Wildman–Crippen LogP) is 1.96. The zero-order valence-corrected chi connectivity index (χ0v) is 8.67. The SMILES string of the molecule is CCCCOCCC1(C)OCCO1. The van der Waals surface area contributed by atoms with Gasteiger partial charge in [-0.1, -0.05) is 13.3 Å². The van der Waals surface area contributed by atoms with Gasteiger partial charge in [-0.25, -0.2) is 0 Å². The lowest BCUT2D eigenvalue weighted by Gasteiger charge is -2.21. The summed E-state index contributed by atoms with van der Waals surface area (Å²) >= 11 is 0. The highest BCUT2D eigenvalue weighted by atomic mass is 16.7. The summed E-state index contributed by atoms with van der Waals surface area (Å²) in [5, 5.41) is 0. The van der Waals surface area contributed by atoms with Gasteiger partial charge in [0.15, 0.2) is 5.79 Å². The van der Waals surface area contributed by atoms with Crippen LogP contribution in [0.4, 0.5) is 0 Å². The maximum atomic E-state index is 5.44. The fourth-order valence-corrected chi connectivity index (χ4v) is 1.31. The van der Waals surface area contributed by atoms with Crippen LogP contribution in [0.3, 0.4) is 0 Å². The summed E-state index contributed by atoms with van der Waals surface area (Å²) < 4.78 is 16.3. The zero-order valence-electron chi connectivity index (χ0n) is 8.67. The van der Waals surface area contributed by atoms with Crippen LogP contribution in [-0.2, 0) is 14.2 Å². The van der Waals surface area contributed by atoms with E-state index in [4.69, 9.17) is 14.2 Å². The van der Waals surface area contributed by atoms with Gasteiger partial charge in [-0.3, -0.25) is 0 Å². The molecule has 1 saturated heterocycles. The molecule has 1 rings (SSSR count). The highest BCUT2D eigenvalue weighted by Gasteiger charge is 2.30. The van der Waals surface area contributed by atoms with Crippen LogP contribution in [0.5, 0.6) is 0 Å². The monoisotopic (exact) mass is 188 g/mol. The van der Waals surface area contributed by atoms with Crippen molar-refractivity contribution in [3.63, 3.8) is 0 Å². The van der Waals surface area contributed by atoms with E-state index in [9.17, 15) is 0 Å². The van der Waals surface area contributed by atoms with E-state index in [2.05, 4.69) is 6.92 Å². The van der Waals surface area contributed by atoms with E-state index >= 15 is 0 Å². The second kappa shape index (κ2) is 5.58. The van der Waals surface area contributed by atoms with Gasteiger partial charge in [-0.2, -0.15) is 0 Å². The first-order chi connectivity index (χ1) is 6.27. The van der Waals surface area contributed by atoms with Crippen molar-refractivity contribution in [2.45, 2.75) is 38.9 Å². The molecule has 0 saturated carbocycles. The lowest BCUT2D eigenvalue weighted by molar-refractivity contribution is -0.155. The number of hydrogen-bond donors (Lipinski definition) is 0. The van der Waals surface area contributed by atoms with Gasteiger partial charge in [-0.15, -0.1) is 0 Å². The molecule has 0 aromatic rings. The Labute approximate surface area is 80.4 Å². The largest absolute Gasteiger partial charge is 0.381 e. The van der Waals surface area contributed by atoms with E-state index in [1.165, 1.54) is 6.42 Å². The first-order valence-electron chi connectivity index (χ1n) is 5.12. The molecule has 0 atom stereocenters. The Morgan fingerprint density at radius 1 is 1.23 bits per heavy atom. The van der Waals surface area contributed by atoms with Crippen molar-refractivity contribution in [1.82, 2.24) is 0 Å². The highest BCUT2D eigenvalue weighted by molar-refractivity contribution is 4.67. The molecule has 0 amide bonds. The third kappa shape index (κ3) is 4.07. The molecular formula is C10H20O3. The number of ether oxygens (including phenoxy) is 3. The van der Waals surface area contributed by atoms with Crippen LogP contribution in [0.2, 0.25) is 0 Å². The Kier molecular flexibility index (Phi) is 4.70. The van der Waals surface area contributed by atoms with Crippen molar-refractivity contribution in [1.29, 1.82) is 0 Å². The molecule has 1 fully saturated rings. The number of unbranched alkanes of at least 4 members (excludes halogenated alkanes) is 1. The maximum Gasteiger partial charge on any atom is 0.167 e. The van der Waals surface area contributed by atoms with E-state index in [-0.39, 0.29) is 5.79 Å². The fourth-order valence-electron chi connectivity index (χ4n) is 1.31. The standard InChI is InChI=1S/C10H20O3/c1-3-4-6-11-7-5-10(2)12-8-9-13-10/h3-9H2,1-2H3. The summed E-state index contributed by atoms with van der Waals surface area (Å²) in [7, 11) is 0. The van der Waals surface area contributed by atoms with E-state index in [0.717, 1.165) is 26.1 Å². The van der Waals surface area contributed by atoms with Crippen molar-refractivity contribution in [2.75, 3.05) is 26.4 Å². The molecule has 0 aromatic heterocycles. The Balaban J connectivity index is 1.98. The van der Waals surface area contributed by atoms with Crippen LogP contribution < -0.4 is 0 Å². The van der Waals surface area contributed by atoms with E-state index in [1.807, 2.05) is 6.92 Å². The van der Waals surface area contributed by atoms with Crippen LogP contribution >= 0.6 is 0 Å². The Hall–Kier alpha value is -0.120. The van der Waals surface area contributed by atoms with Gasteiger partial charge in [0.05, 0.1) is 19.8 Å². The van der Waals surface area contributed by atoms with Crippen molar-refractivity contribution < 1.29 is 14.2 Å². The number of hydrogen-bond acceptors (Lipinski definition) is 3. The summed E-state index contributed by atoms with van der Waals surface area (Å²) in [5.41, 5.74) is 0. The number of rotatable bonds is 6. The fraction of sp³-hybridized carbons (Fsp3) is 1.00. The minimum Gasteiger partial charge on any atom is -0.381 e. The summed E-state index contributed by atoms with van der Waals surface area (Å²) in [5.74, 6) is -0.383. The molecule has 78 valence electrons. The minimum atomic E-state index is -0.383. The zero-order chi connectivity index (χ0) is 9.57. The third-order valence-electron chi connectivity index (χ3n) is 2.24. The third-order valence-corrected chi connectivity index (χ3v) is 2.24. The molecule has 0 aromatic carbocycles. The molecule has 0 aliphatic carbocycles. The molecule has 0 spiro atoms. The molecule has 3 nitrogen and oxygen atoms in total. The van der Waals surface area contributed by atoms with Crippen LogP contribution in [0, 0.1) is 0 Å². The molecule has 0 radical (unpaired) electrons. The quantitative estimate of drug-likeness (QED) is 0.596. The molecule has 13 heavy (non-hydrogen) atoms. The molecular weight excluding hydrogens is 168 g/mol. The predicted molar refractivity (Wildman–Crippen MR) is 50.7 cm³/mol. The highest BCUT2D eigenvalue weighted by Crippen LogP contribution is 2.22. The van der Waals surface area contributed by atoms with Gasteiger partial charge in [0, 0.05) is 13.0 Å². The molecule has 1 aliphatic heterocycles. The lowest BCUT2D eigenvalue weighted by Crippen LogP contribution is -2.27. The molecule has 1 aliphatic rings. The van der Waals surface area contributed by atoms with Gasteiger partial charge >= 0.3 is 0 Å². The molecule has 0 unspecified atom stereocenters. The summed E-state index contributed by atoms with van der Waals surface area (Å²) in [6, 6.07) is 0. The van der Waals surface area contributed by atoms with Gasteiger partial charge in [0.2, 0.25) is 0 Å². The van der Waals surface area contributed by atoms with Crippen LogP contribution in [0.15, 0.2) is 0 Å². The average Bonchev–Trinajstić information content (AvgIpc) is 2.53. The molecule has 0 bridgehead atoms. The van der Waals surface area contributed by atoms with Crippen LogP contribution in [-0.4, -0.2) is 32.2 Å². The van der Waals surface area contributed by atoms with Crippen LogP contribution in [0.1, 0.15) is 33.1 Å². The first-order valence-corrected chi connectivity index (χ1v) is 5.12. The van der Waals surface area contributed by atoms with Crippen molar-refractivity contribution in [3.05, 3.63) is 0 Å². The maximum absolute atomic E-state index is 5.44. The summed E-state index contributed by atoms with van der Waals surface area (Å²) in [4.78, 5) is 0. The smallest absolute Gasteiger partial charge is 0.167 e. The van der Waals surface area contributed by atoms with Crippen molar-refractivity contribution >= 4 is 0 Å². The Bertz CT molecular complexity index is 130. The molecule has 0 N–H and O–H groups in total. The van der Waals surface area contributed by atoms with E-state index in [1.54, 1.807) is 0 Å². The lowest BCUT2D eigenvalue weighted by atomic mass is 10.2. The molecule has 1 heterocycles. The van der Waals surface area contributed by atoms with Gasteiger partial charge in [-0.05, 0) is 13.3 Å². The van der Waals surface area contributed by atoms with E-state index in [0.29, 0.717) is 13.2 Å². The Morgan fingerprint density at radius 2 is 1.92 bits per heavy atom. The Morgan fingerprint density at radius 3 is 2.54 bits per heavy atom. The van der Waals surface area contributed by atoms with Gasteiger partial charge in [0.1, 0.15) is 0 Å². The van der Waals surface area contributed by atoms with Crippen LogP contribution in [0.25, 0.3) is 0 Å². The average molecular weight is 188 g/mol. The molecule has 3 heteroatoms. The van der Waals surface area contributed by atoms with Gasteiger partial charge < -0.3 is 14.2 Å². The van der Waals surface area contributed by atoms with E-state index < -0.39 is 0 Å². The minimum absolute atomic E-state index is 0.383. The van der Waals surface area contributed by atoms with Crippen molar-refractivity contribution in [3.8, 4) is 0 Å². The second-order valence-corrected chi connectivity index (χ2v) is 3.55. The topological polar surface area (TPSA) is 27.7 Å². The summed E-state index contributed by atoms with van der Waals surface area (Å²) in [6.45, 7) is 7.15. The van der Waals surface area contributed by atoms with Gasteiger partial charge in [0.25, 0.3) is 0 Å². The van der Waals surface area contributed by atoms with Crippen molar-refractivity contribution in [2.24, 2.45) is 0 Å². The first kappa shape index (κ1) is 11.0. The second-order valence-electron chi connectivity index (χ2n) is 3.55.